The Morgan fingerprint density at radius 1 is 1.17 bits per heavy atom. The molecule has 4 N–H and O–H groups in total. The molecule has 0 unspecified atom stereocenters. The van der Waals surface area contributed by atoms with Crippen LogP contribution >= 0.6 is 0 Å². The lowest BCUT2D eigenvalue weighted by molar-refractivity contribution is -0.146. The molecule has 2 aromatic rings. The zero-order chi connectivity index (χ0) is 26.2. The highest BCUT2D eigenvalue weighted by molar-refractivity contribution is 6.01. The van der Waals surface area contributed by atoms with Crippen molar-refractivity contribution < 1.29 is 28.7 Å². The van der Waals surface area contributed by atoms with Crippen LogP contribution in [0.5, 0.6) is 5.75 Å². The number of esters is 1. The van der Waals surface area contributed by atoms with Crippen molar-refractivity contribution in [1.82, 2.24) is 20.9 Å². The van der Waals surface area contributed by atoms with Gasteiger partial charge in [-0.3, -0.25) is 14.4 Å². The highest BCUT2D eigenvalue weighted by Crippen LogP contribution is 2.26. The van der Waals surface area contributed by atoms with E-state index in [-0.39, 0.29) is 18.2 Å². The molecule has 2 heterocycles. The minimum absolute atomic E-state index is 0.0917. The van der Waals surface area contributed by atoms with Crippen molar-refractivity contribution in [1.29, 1.82) is 0 Å². The van der Waals surface area contributed by atoms with Gasteiger partial charge in [-0.1, -0.05) is 19.9 Å². The fourth-order valence-electron chi connectivity index (χ4n) is 4.44. The van der Waals surface area contributed by atoms with E-state index in [4.69, 9.17) is 9.47 Å². The predicted octanol–water partition coefficient (Wildman–Crippen LogP) is 2.29. The van der Waals surface area contributed by atoms with E-state index in [9.17, 15) is 19.2 Å². The van der Waals surface area contributed by atoms with Gasteiger partial charge in [-0.2, -0.15) is 0 Å². The van der Waals surface area contributed by atoms with Crippen LogP contribution in [0.15, 0.2) is 24.3 Å². The van der Waals surface area contributed by atoms with Crippen molar-refractivity contribution in [2.45, 2.75) is 58.5 Å². The first kappa shape index (κ1) is 27.0. The Morgan fingerprint density at radius 2 is 1.94 bits per heavy atom. The zero-order valence-corrected chi connectivity index (χ0v) is 21.3. The van der Waals surface area contributed by atoms with E-state index in [1.165, 1.54) is 7.11 Å². The van der Waals surface area contributed by atoms with Gasteiger partial charge in [0.2, 0.25) is 11.8 Å². The molecule has 0 bridgehead atoms. The van der Waals surface area contributed by atoms with Crippen LogP contribution in [0.4, 0.5) is 0 Å². The van der Waals surface area contributed by atoms with Crippen molar-refractivity contribution in [3.8, 4) is 5.75 Å². The topological polar surface area (TPSA) is 139 Å². The van der Waals surface area contributed by atoms with Crippen molar-refractivity contribution in [3.05, 3.63) is 30.0 Å². The molecule has 36 heavy (non-hydrogen) atoms. The highest BCUT2D eigenvalue weighted by atomic mass is 16.5. The van der Waals surface area contributed by atoms with Crippen LogP contribution in [0.3, 0.4) is 0 Å². The summed E-state index contributed by atoms with van der Waals surface area (Å²) in [7, 11) is 1.24. The summed E-state index contributed by atoms with van der Waals surface area (Å²) in [6, 6.07) is 5.32. The third kappa shape index (κ3) is 6.77. The Bertz CT molecular complexity index is 1100. The number of benzene rings is 1. The van der Waals surface area contributed by atoms with Crippen molar-refractivity contribution in [2.24, 2.45) is 11.8 Å². The van der Waals surface area contributed by atoms with Crippen molar-refractivity contribution >= 4 is 34.6 Å². The SMILES string of the molecule is CCOc1cccc2[nH]c(C(=O)N[C@@H](CC(C)C)C(=O)N[C@@H](C[C@@H]3CCCNC3=O)C(=O)OC)cc12. The van der Waals surface area contributed by atoms with Gasteiger partial charge in [-0.25, -0.2) is 4.79 Å². The molecule has 1 aliphatic rings. The molecule has 196 valence electrons. The Morgan fingerprint density at radius 3 is 2.61 bits per heavy atom. The van der Waals surface area contributed by atoms with E-state index in [0.29, 0.717) is 37.4 Å². The van der Waals surface area contributed by atoms with Crippen LogP contribution in [0, 0.1) is 11.8 Å². The second kappa shape index (κ2) is 12.4. The summed E-state index contributed by atoms with van der Waals surface area (Å²) in [4.78, 5) is 54.1. The Labute approximate surface area is 210 Å². The van der Waals surface area contributed by atoms with Gasteiger partial charge in [0.25, 0.3) is 5.91 Å². The maximum Gasteiger partial charge on any atom is 0.328 e. The maximum absolute atomic E-state index is 13.2. The van der Waals surface area contributed by atoms with Crippen molar-refractivity contribution in [2.75, 3.05) is 20.3 Å². The molecule has 0 aliphatic carbocycles. The number of carbonyl (C=O) groups excluding carboxylic acids is 4. The van der Waals surface area contributed by atoms with Crippen LogP contribution in [0.25, 0.3) is 10.9 Å². The maximum atomic E-state index is 13.2. The van der Waals surface area contributed by atoms with Gasteiger partial charge < -0.3 is 30.4 Å². The van der Waals surface area contributed by atoms with Crippen LogP contribution in [-0.4, -0.2) is 61.0 Å². The summed E-state index contributed by atoms with van der Waals surface area (Å²) in [5, 5.41) is 9.07. The fraction of sp³-hybridized carbons (Fsp3) is 0.538. The summed E-state index contributed by atoms with van der Waals surface area (Å²) in [6.45, 7) is 6.86. The molecular weight excluding hydrogens is 464 g/mol. The third-order valence-electron chi connectivity index (χ3n) is 6.22. The average molecular weight is 501 g/mol. The number of piperidine rings is 1. The molecule has 1 fully saturated rings. The zero-order valence-electron chi connectivity index (χ0n) is 21.3. The molecule has 0 spiro atoms. The number of carbonyl (C=O) groups is 4. The van der Waals surface area contributed by atoms with Crippen molar-refractivity contribution in [3.63, 3.8) is 0 Å². The molecule has 10 nitrogen and oxygen atoms in total. The third-order valence-corrected chi connectivity index (χ3v) is 6.22. The van der Waals surface area contributed by atoms with Gasteiger partial charge in [-0.05, 0) is 56.7 Å². The van der Waals surface area contributed by atoms with Gasteiger partial charge in [0.05, 0.1) is 13.7 Å². The molecule has 1 aliphatic heterocycles. The summed E-state index contributed by atoms with van der Waals surface area (Å²) in [6.07, 6.45) is 1.93. The number of methoxy groups -OCH3 is 1. The summed E-state index contributed by atoms with van der Waals surface area (Å²) in [5.41, 5.74) is 1.04. The van der Waals surface area contributed by atoms with Gasteiger partial charge in [0.1, 0.15) is 23.5 Å². The minimum atomic E-state index is -0.996. The smallest absolute Gasteiger partial charge is 0.328 e. The standard InChI is InChI=1S/C26H36N4O6/c1-5-36-22-10-6-9-18-17(22)14-20(28-18)25(33)29-19(12-15(2)3)24(32)30-21(26(34)35-4)13-16-8-7-11-27-23(16)31/h6,9-10,14-16,19,21,28H,5,7-8,11-13H2,1-4H3,(H,27,31)(H,29,33)(H,30,32)/t16-,19-,21-/m0/s1. The van der Waals surface area contributed by atoms with Gasteiger partial charge in [0.15, 0.2) is 0 Å². The molecule has 3 atom stereocenters. The lowest BCUT2D eigenvalue weighted by Crippen LogP contribution is -2.53. The molecule has 0 saturated carbocycles. The molecule has 0 radical (unpaired) electrons. The number of nitrogens with one attached hydrogen (secondary N) is 4. The van der Waals surface area contributed by atoms with Crippen LogP contribution in [0.1, 0.15) is 56.9 Å². The Balaban J connectivity index is 1.75. The van der Waals surface area contributed by atoms with E-state index in [0.717, 1.165) is 17.3 Å². The monoisotopic (exact) mass is 500 g/mol. The van der Waals surface area contributed by atoms with Gasteiger partial charge in [0, 0.05) is 23.4 Å². The molecule has 1 aromatic carbocycles. The number of hydrogen-bond donors (Lipinski definition) is 4. The van der Waals surface area contributed by atoms with Crippen LogP contribution in [-0.2, 0) is 19.1 Å². The van der Waals surface area contributed by atoms with E-state index < -0.39 is 35.8 Å². The van der Waals surface area contributed by atoms with Gasteiger partial charge >= 0.3 is 5.97 Å². The quantitative estimate of drug-likeness (QED) is 0.349. The largest absolute Gasteiger partial charge is 0.493 e. The molecule has 1 aromatic heterocycles. The molecule has 1 saturated heterocycles. The van der Waals surface area contributed by atoms with E-state index >= 15 is 0 Å². The number of hydrogen-bond acceptors (Lipinski definition) is 6. The Hall–Kier alpha value is -3.56. The molecule has 3 amide bonds. The van der Waals surface area contributed by atoms with E-state index in [1.54, 1.807) is 6.07 Å². The number of aromatic amines is 1. The first-order valence-corrected chi connectivity index (χ1v) is 12.4. The first-order chi connectivity index (χ1) is 17.2. The molecular formula is C26H36N4O6. The summed E-state index contributed by atoms with van der Waals surface area (Å²) >= 11 is 0. The van der Waals surface area contributed by atoms with Gasteiger partial charge in [-0.15, -0.1) is 0 Å². The second-order valence-corrected chi connectivity index (χ2v) is 9.44. The number of fused-ring (bicyclic) bond motifs is 1. The number of amides is 3. The van der Waals surface area contributed by atoms with Crippen LogP contribution < -0.4 is 20.7 Å². The summed E-state index contributed by atoms with van der Waals surface area (Å²) in [5.74, 6) is -1.36. The predicted molar refractivity (Wildman–Crippen MR) is 134 cm³/mol. The first-order valence-electron chi connectivity index (χ1n) is 12.4. The lowest BCUT2D eigenvalue weighted by atomic mass is 9.91. The summed E-state index contributed by atoms with van der Waals surface area (Å²) < 4.78 is 10.5. The van der Waals surface area contributed by atoms with E-state index in [2.05, 4.69) is 20.9 Å². The van der Waals surface area contributed by atoms with Crippen LogP contribution in [0.2, 0.25) is 0 Å². The van der Waals surface area contributed by atoms with E-state index in [1.807, 2.05) is 39.0 Å². The number of aromatic nitrogens is 1. The second-order valence-electron chi connectivity index (χ2n) is 9.44. The normalized spacial score (nSPS) is 17.2. The molecule has 10 heteroatoms. The number of rotatable bonds is 11. The number of H-pyrrole nitrogens is 1. The Kier molecular flexibility index (Phi) is 9.32. The highest BCUT2D eigenvalue weighted by Gasteiger charge is 2.33. The number of ether oxygens (including phenoxy) is 2. The minimum Gasteiger partial charge on any atom is -0.493 e. The lowest BCUT2D eigenvalue weighted by Gasteiger charge is -2.27. The fourth-order valence-corrected chi connectivity index (χ4v) is 4.44. The average Bonchev–Trinajstić information content (AvgIpc) is 3.29. The molecule has 3 rings (SSSR count).